The van der Waals surface area contributed by atoms with Crippen molar-refractivity contribution < 1.29 is 53.8 Å². The summed E-state index contributed by atoms with van der Waals surface area (Å²) in [5, 5.41) is 11.2. The number of benzene rings is 1. The number of nitrogens with one attached hydrogen (secondary N) is 1. The number of pyridine rings is 1. The molecule has 0 radical (unpaired) electrons. The first-order chi connectivity index (χ1) is 9.78. The third kappa shape index (κ3) is 8.51. The number of aromatic nitrogens is 1. The zero-order chi connectivity index (χ0) is 14.2. The minimum atomic E-state index is -0.526. The van der Waals surface area contributed by atoms with E-state index in [0.29, 0.717) is 12.1 Å². The van der Waals surface area contributed by atoms with Crippen molar-refractivity contribution in [3.8, 4) is 6.07 Å². The van der Waals surface area contributed by atoms with Gasteiger partial charge in [0.1, 0.15) is 6.61 Å². The fourth-order valence-electron chi connectivity index (χ4n) is 1.58. The van der Waals surface area contributed by atoms with E-state index >= 15 is 0 Å². The summed E-state index contributed by atoms with van der Waals surface area (Å²) >= 11 is 0. The molecule has 0 unspecified atom stereocenters. The van der Waals surface area contributed by atoms with E-state index in [0.717, 1.165) is 11.1 Å². The van der Waals surface area contributed by atoms with Crippen LogP contribution in [0.4, 0.5) is 10.5 Å². The molecule has 1 N–H and O–H groups in total. The number of carbonyl (C=O) groups excluding carboxylic acids is 1. The van der Waals surface area contributed by atoms with Crippen LogP contribution < -0.4 is 30.1 Å². The van der Waals surface area contributed by atoms with Gasteiger partial charge in [-0.05, 0) is 23.8 Å². The Bertz CT molecular complexity index is 619. The maximum absolute atomic E-state index is 11.6. The smallest absolute Gasteiger partial charge is 1.00 e. The zero-order valence-corrected chi connectivity index (χ0v) is 16.7. The molecule has 0 aliphatic carbocycles. The standard InChI is InChI=1S/C15H13N3O2.2ClH.Zn/c16-8-7-12-3-5-14(6-4-12)18-15(19)20-11-13-2-1-9-17-10-13;;;/h1-6,9-10H,7,11H2,(H,18,19);2*1H;/q;;;+2/p-2. The minimum absolute atomic E-state index is 0. The van der Waals surface area contributed by atoms with Crippen LogP contribution in [-0.2, 0) is 37.2 Å². The van der Waals surface area contributed by atoms with E-state index in [-0.39, 0.29) is 50.9 Å². The molecule has 1 aromatic carbocycles. The SMILES string of the molecule is N#CCc1ccc(NC(=O)OCc2cccnc2)cc1.[Cl-].[Cl-].[Zn+2]. The van der Waals surface area contributed by atoms with Gasteiger partial charge in [-0.2, -0.15) is 5.26 Å². The second-order valence-corrected chi connectivity index (χ2v) is 4.09. The molecule has 116 valence electrons. The van der Waals surface area contributed by atoms with Gasteiger partial charge in [0.25, 0.3) is 0 Å². The summed E-state index contributed by atoms with van der Waals surface area (Å²) in [5.41, 5.74) is 2.36. The fraction of sp³-hybridized carbons (Fsp3) is 0.133. The molecule has 0 saturated heterocycles. The number of hydrogen-bond acceptors (Lipinski definition) is 4. The van der Waals surface area contributed by atoms with Crippen molar-refractivity contribution in [3.63, 3.8) is 0 Å². The Morgan fingerprint density at radius 1 is 1.17 bits per heavy atom. The second-order valence-electron chi connectivity index (χ2n) is 4.09. The van der Waals surface area contributed by atoms with E-state index < -0.39 is 6.09 Å². The Hall–Kier alpha value is -1.67. The molecule has 1 aromatic heterocycles. The Kier molecular flexibility index (Phi) is 13.2. The maximum atomic E-state index is 11.6. The van der Waals surface area contributed by atoms with Crippen molar-refractivity contribution >= 4 is 11.8 Å². The van der Waals surface area contributed by atoms with Crippen molar-refractivity contribution in [1.82, 2.24) is 4.98 Å². The fourth-order valence-corrected chi connectivity index (χ4v) is 1.58. The Labute approximate surface area is 160 Å². The first kappa shape index (κ1) is 23.6. The summed E-state index contributed by atoms with van der Waals surface area (Å²) < 4.78 is 5.07. The Balaban J connectivity index is 0. The molecule has 5 nitrogen and oxygen atoms in total. The summed E-state index contributed by atoms with van der Waals surface area (Å²) in [5.74, 6) is 0. The minimum Gasteiger partial charge on any atom is -1.00 e. The van der Waals surface area contributed by atoms with Crippen LogP contribution in [0, 0.1) is 11.3 Å². The van der Waals surface area contributed by atoms with Crippen LogP contribution in [0.3, 0.4) is 0 Å². The predicted molar refractivity (Wildman–Crippen MR) is 73.8 cm³/mol. The van der Waals surface area contributed by atoms with E-state index in [1.165, 1.54) is 0 Å². The summed E-state index contributed by atoms with van der Waals surface area (Å²) in [6.07, 6.45) is 3.13. The van der Waals surface area contributed by atoms with Crippen molar-refractivity contribution in [3.05, 3.63) is 59.9 Å². The topological polar surface area (TPSA) is 75.0 Å². The monoisotopic (exact) mass is 401 g/mol. The van der Waals surface area contributed by atoms with E-state index in [1.807, 2.05) is 6.07 Å². The molecule has 0 aliphatic rings. The molecule has 0 fully saturated rings. The second kappa shape index (κ2) is 12.8. The van der Waals surface area contributed by atoms with Gasteiger partial charge in [-0.15, -0.1) is 0 Å². The largest absolute Gasteiger partial charge is 2.00 e. The zero-order valence-electron chi connectivity index (χ0n) is 12.2. The molecule has 0 spiro atoms. The predicted octanol–water partition coefficient (Wildman–Crippen LogP) is -3.10. The van der Waals surface area contributed by atoms with Gasteiger partial charge in [-0.25, -0.2) is 4.79 Å². The number of carbonyl (C=O) groups is 1. The van der Waals surface area contributed by atoms with Gasteiger partial charge in [0.2, 0.25) is 0 Å². The quantitative estimate of drug-likeness (QED) is 0.549. The van der Waals surface area contributed by atoms with Crippen LogP contribution in [0.15, 0.2) is 48.8 Å². The van der Waals surface area contributed by atoms with Gasteiger partial charge >= 0.3 is 25.6 Å². The number of rotatable bonds is 4. The molecule has 0 bridgehead atoms. The van der Waals surface area contributed by atoms with E-state index in [1.54, 1.807) is 42.7 Å². The van der Waals surface area contributed by atoms with Crippen LogP contribution in [0.5, 0.6) is 0 Å². The van der Waals surface area contributed by atoms with Gasteiger partial charge in [0, 0.05) is 23.6 Å². The van der Waals surface area contributed by atoms with E-state index in [2.05, 4.69) is 16.4 Å². The first-order valence-corrected chi connectivity index (χ1v) is 6.06. The summed E-state index contributed by atoms with van der Waals surface area (Å²) in [6, 6.07) is 12.7. The van der Waals surface area contributed by atoms with Crippen LogP contribution in [-0.4, -0.2) is 11.1 Å². The number of hydrogen-bond donors (Lipinski definition) is 1. The Morgan fingerprint density at radius 3 is 2.43 bits per heavy atom. The van der Waals surface area contributed by atoms with E-state index in [4.69, 9.17) is 10.00 Å². The normalized spacial score (nSPS) is 8.30. The molecule has 1 amide bonds. The maximum Gasteiger partial charge on any atom is 2.00 e. The van der Waals surface area contributed by atoms with Gasteiger partial charge in [-0.1, -0.05) is 18.2 Å². The van der Waals surface area contributed by atoms with Crippen LogP contribution in [0.2, 0.25) is 0 Å². The molecular weight excluding hydrogens is 390 g/mol. The average Bonchev–Trinajstić information content (AvgIpc) is 2.49. The molecule has 0 aliphatic heterocycles. The molecule has 1 heterocycles. The summed E-state index contributed by atoms with van der Waals surface area (Å²) in [7, 11) is 0. The molecule has 8 heteroatoms. The summed E-state index contributed by atoms with van der Waals surface area (Å²) in [6.45, 7) is 0.173. The van der Waals surface area contributed by atoms with Crippen LogP contribution in [0.1, 0.15) is 11.1 Å². The van der Waals surface area contributed by atoms with Crippen molar-refractivity contribution in [2.75, 3.05) is 5.32 Å². The van der Waals surface area contributed by atoms with Gasteiger partial charge in [0.15, 0.2) is 0 Å². The number of nitriles is 1. The summed E-state index contributed by atoms with van der Waals surface area (Å²) in [4.78, 5) is 15.5. The van der Waals surface area contributed by atoms with Crippen LogP contribution >= 0.6 is 0 Å². The molecule has 2 aromatic rings. The number of nitrogens with zero attached hydrogens (tertiary/aromatic N) is 2. The number of anilines is 1. The van der Waals surface area contributed by atoms with Gasteiger partial charge < -0.3 is 29.6 Å². The van der Waals surface area contributed by atoms with Crippen molar-refractivity contribution in [2.24, 2.45) is 0 Å². The van der Waals surface area contributed by atoms with Crippen molar-refractivity contribution in [2.45, 2.75) is 13.0 Å². The van der Waals surface area contributed by atoms with Gasteiger partial charge in [0.05, 0.1) is 12.5 Å². The molecule has 0 atom stereocenters. The third-order valence-corrected chi connectivity index (χ3v) is 2.58. The molecule has 2 rings (SSSR count). The number of halogens is 2. The first-order valence-electron chi connectivity index (χ1n) is 6.06. The number of amides is 1. The number of ether oxygens (including phenoxy) is 1. The molecular formula is C15H13Cl2N3O2Zn. The van der Waals surface area contributed by atoms with Crippen molar-refractivity contribution in [1.29, 1.82) is 5.26 Å². The molecule has 23 heavy (non-hydrogen) atoms. The molecule has 0 saturated carbocycles. The average molecular weight is 404 g/mol. The third-order valence-electron chi connectivity index (χ3n) is 2.58. The van der Waals surface area contributed by atoms with Crippen LogP contribution in [0.25, 0.3) is 0 Å². The van der Waals surface area contributed by atoms with Gasteiger partial charge in [-0.3, -0.25) is 10.3 Å². The Morgan fingerprint density at radius 2 is 1.87 bits per heavy atom. The van der Waals surface area contributed by atoms with E-state index in [9.17, 15) is 4.79 Å².